The van der Waals surface area contributed by atoms with Crippen LogP contribution in [0.2, 0.25) is 5.02 Å². The lowest BCUT2D eigenvalue weighted by molar-refractivity contribution is 0.595. The van der Waals surface area contributed by atoms with Crippen molar-refractivity contribution in [2.24, 2.45) is 0 Å². The minimum absolute atomic E-state index is 0.575. The van der Waals surface area contributed by atoms with Gasteiger partial charge in [0.15, 0.2) is 0 Å². The summed E-state index contributed by atoms with van der Waals surface area (Å²) >= 11 is 9.35. The van der Waals surface area contributed by atoms with Crippen LogP contribution in [-0.2, 0) is 0 Å². The SMILES string of the molecule is Clc1cncc(C2CCN(Br)C2)c1. The summed E-state index contributed by atoms with van der Waals surface area (Å²) in [5.41, 5.74) is 1.24. The van der Waals surface area contributed by atoms with Crippen LogP contribution in [0.5, 0.6) is 0 Å². The van der Waals surface area contributed by atoms with E-state index in [4.69, 9.17) is 11.6 Å². The van der Waals surface area contributed by atoms with E-state index in [1.54, 1.807) is 6.20 Å². The average molecular weight is 262 g/mol. The Morgan fingerprint density at radius 3 is 3.00 bits per heavy atom. The molecule has 1 saturated heterocycles. The molecule has 0 radical (unpaired) electrons. The van der Waals surface area contributed by atoms with E-state index in [1.165, 1.54) is 12.0 Å². The molecule has 0 N–H and O–H groups in total. The zero-order valence-electron chi connectivity index (χ0n) is 7.08. The third-order valence-electron chi connectivity index (χ3n) is 2.34. The normalized spacial score (nSPS) is 23.7. The van der Waals surface area contributed by atoms with Crippen LogP contribution in [-0.4, -0.2) is 22.0 Å². The highest BCUT2D eigenvalue weighted by Crippen LogP contribution is 2.29. The smallest absolute Gasteiger partial charge is 0.0592 e. The Hall–Kier alpha value is -0.120. The lowest BCUT2D eigenvalue weighted by Gasteiger charge is -2.08. The Bertz CT molecular complexity index is 305. The second-order valence-electron chi connectivity index (χ2n) is 3.29. The lowest BCUT2D eigenvalue weighted by Crippen LogP contribution is -2.06. The summed E-state index contributed by atoms with van der Waals surface area (Å²) in [5.74, 6) is 0.575. The molecular formula is C9H10BrClN2. The van der Waals surface area contributed by atoms with Gasteiger partial charge in [-0.2, -0.15) is 0 Å². The molecule has 2 heterocycles. The van der Waals surface area contributed by atoms with Crippen LogP contribution >= 0.6 is 27.7 Å². The average Bonchev–Trinajstić information content (AvgIpc) is 2.52. The van der Waals surface area contributed by atoms with Crippen molar-refractivity contribution >= 4 is 27.7 Å². The molecule has 0 saturated carbocycles. The van der Waals surface area contributed by atoms with Gasteiger partial charge in [0.2, 0.25) is 0 Å². The maximum Gasteiger partial charge on any atom is 0.0592 e. The monoisotopic (exact) mass is 260 g/mol. The van der Waals surface area contributed by atoms with Crippen LogP contribution in [0, 0.1) is 0 Å². The summed E-state index contributed by atoms with van der Waals surface area (Å²) in [6, 6.07) is 2.01. The number of hydrogen-bond donors (Lipinski definition) is 0. The van der Waals surface area contributed by atoms with Gasteiger partial charge in [0.05, 0.1) is 5.02 Å². The molecule has 0 amide bonds. The zero-order chi connectivity index (χ0) is 9.26. The molecule has 1 fully saturated rings. The highest BCUT2D eigenvalue weighted by molar-refractivity contribution is 9.07. The minimum Gasteiger partial charge on any atom is -0.263 e. The molecule has 4 heteroatoms. The predicted octanol–water partition coefficient (Wildman–Crippen LogP) is 2.83. The first-order valence-electron chi connectivity index (χ1n) is 4.27. The molecule has 1 atom stereocenters. The molecule has 1 aromatic rings. The molecule has 13 heavy (non-hydrogen) atoms. The van der Waals surface area contributed by atoms with Gasteiger partial charge in [0.25, 0.3) is 0 Å². The summed E-state index contributed by atoms with van der Waals surface area (Å²) in [5, 5.41) is 0.727. The number of rotatable bonds is 1. The van der Waals surface area contributed by atoms with Crippen LogP contribution in [0.3, 0.4) is 0 Å². The topological polar surface area (TPSA) is 16.1 Å². The molecule has 0 aliphatic carbocycles. The van der Waals surface area contributed by atoms with Crippen molar-refractivity contribution < 1.29 is 0 Å². The van der Waals surface area contributed by atoms with Gasteiger partial charge in [-0.25, -0.2) is 3.93 Å². The van der Waals surface area contributed by atoms with Crippen molar-refractivity contribution in [1.29, 1.82) is 0 Å². The number of hydrogen-bond acceptors (Lipinski definition) is 2. The molecule has 0 spiro atoms. The van der Waals surface area contributed by atoms with E-state index in [2.05, 4.69) is 25.1 Å². The fourth-order valence-electron chi connectivity index (χ4n) is 1.64. The van der Waals surface area contributed by atoms with E-state index in [-0.39, 0.29) is 0 Å². The maximum absolute atomic E-state index is 5.87. The number of pyridine rings is 1. The quantitative estimate of drug-likeness (QED) is 0.723. The Balaban J connectivity index is 2.16. The van der Waals surface area contributed by atoms with E-state index >= 15 is 0 Å². The van der Waals surface area contributed by atoms with Crippen molar-refractivity contribution in [3.63, 3.8) is 0 Å². The third-order valence-corrected chi connectivity index (χ3v) is 3.19. The van der Waals surface area contributed by atoms with Crippen LogP contribution in [0.1, 0.15) is 17.9 Å². The molecule has 1 aromatic heterocycles. The highest BCUT2D eigenvalue weighted by atomic mass is 79.9. The van der Waals surface area contributed by atoms with Gasteiger partial charge >= 0.3 is 0 Å². The number of nitrogens with zero attached hydrogens (tertiary/aromatic N) is 2. The molecule has 0 bridgehead atoms. The van der Waals surface area contributed by atoms with E-state index in [9.17, 15) is 0 Å². The van der Waals surface area contributed by atoms with Crippen molar-refractivity contribution in [2.75, 3.05) is 13.1 Å². The molecule has 1 aliphatic heterocycles. The van der Waals surface area contributed by atoms with Crippen LogP contribution in [0.15, 0.2) is 18.5 Å². The first kappa shape index (κ1) is 9.44. The van der Waals surface area contributed by atoms with Crippen LogP contribution in [0.4, 0.5) is 0 Å². The molecular weight excluding hydrogens is 251 g/mol. The Morgan fingerprint density at radius 1 is 1.54 bits per heavy atom. The van der Waals surface area contributed by atoms with E-state index in [0.29, 0.717) is 5.92 Å². The minimum atomic E-state index is 0.575. The van der Waals surface area contributed by atoms with Gasteiger partial charge in [-0.3, -0.25) is 4.98 Å². The van der Waals surface area contributed by atoms with Gasteiger partial charge in [0.1, 0.15) is 0 Å². The fourth-order valence-corrected chi connectivity index (χ4v) is 2.38. The second-order valence-corrected chi connectivity index (χ2v) is 4.73. The first-order valence-corrected chi connectivity index (χ1v) is 5.35. The molecule has 0 aromatic carbocycles. The summed E-state index contributed by atoms with van der Waals surface area (Å²) < 4.78 is 2.15. The van der Waals surface area contributed by atoms with E-state index in [1.807, 2.05) is 12.3 Å². The van der Waals surface area contributed by atoms with Gasteiger partial charge < -0.3 is 0 Å². The van der Waals surface area contributed by atoms with Crippen molar-refractivity contribution in [1.82, 2.24) is 8.91 Å². The van der Waals surface area contributed by atoms with Crippen molar-refractivity contribution in [2.45, 2.75) is 12.3 Å². The summed E-state index contributed by atoms with van der Waals surface area (Å²) in [4.78, 5) is 4.09. The van der Waals surface area contributed by atoms with E-state index < -0.39 is 0 Å². The number of halogens is 2. The van der Waals surface area contributed by atoms with Gasteiger partial charge in [-0.1, -0.05) is 11.6 Å². The predicted molar refractivity (Wildman–Crippen MR) is 57.1 cm³/mol. The molecule has 1 unspecified atom stereocenters. The van der Waals surface area contributed by atoms with Crippen LogP contribution < -0.4 is 0 Å². The Labute approximate surface area is 91.2 Å². The van der Waals surface area contributed by atoms with Gasteiger partial charge in [0, 0.05) is 47.5 Å². The summed E-state index contributed by atoms with van der Waals surface area (Å²) in [6.45, 7) is 2.14. The fraction of sp³-hybridized carbons (Fsp3) is 0.444. The highest BCUT2D eigenvalue weighted by Gasteiger charge is 2.22. The van der Waals surface area contributed by atoms with Crippen molar-refractivity contribution in [3.05, 3.63) is 29.0 Å². The largest absolute Gasteiger partial charge is 0.263 e. The molecule has 70 valence electrons. The summed E-state index contributed by atoms with van der Waals surface area (Å²) in [7, 11) is 0. The van der Waals surface area contributed by atoms with E-state index in [0.717, 1.165) is 18.1 Å². The lowest BCUT2D eigenvalue weighted by atomic mass is 10.0. The second kappa shape index (κ2) is 3.95. The molecule has 2 nitrogen and oxygen atoms in total. The Kier molecular flexibility index (Phi) is 2.86. The van der Waals surface area contributed by atoms with Crippen LogP contribution in [0.25, 0.3) is 0 Å². The molecule has 2 rings (SSSR count). The molecule has 1 aliphatic rings. The Morgan fingerprint density at radius 2 is 2.38 bits per heavy atom. The van der Waals surface area contributed by atoms with Gasteiger partial charge in [-0.05, 0) is 18.1 Å². The number of aromatic nitrogens is 1. The van der Waals surface area contributed by atoms with Crippen molar-refractivity contribution in [3.8, 4) is 0 Å². The zero-order valence-corrected chi connectivity index (χ0v) is 9.42. The van der Waals surface area contributed by atoms with Gasteiger partial charge in [-0.15, -0.1) is 0 Å². The standard InChI is InChI=1S/C9H10BrClN2/c10-13-2-1-7(6-13)8-3-9(11)5-12-4-8/h3-5,7H,1-2,6H2. The maximum atomic E-state index is 5.87. The summed E-state index contributed by atoms with van der Waals surface area (Å²) in [6.07, 6.45) is 4.75. The first-order chi connectivity index (χ1) is 6.25. The third kappa shape index (κ3) is 2.22.